The van der Waals surface area contributed by atoms with Gasteiger partial charge < -0.3 is 5.73 Å². The lowest BCUT2D eigenvalue weighted by atomic mass is 10.3. The van der Waals surface area contributed by atoms with E-state index < -0.39 is 15.8 Å². The minimum absolute atomic E-state index is 0.0223. The number of halogens is 2. The summed E-state index contributed by atoms with van der Waals surface area (Å²) in [4.78, 5) is 0. The molecule has 0 amide bonds. The topological polar surface area (TPSA) is 90.0 Å². The molecule has 6 nitrogen and oxygen atoms in total. The van der Waals surface area contributed by atoms with Gasteiger partial charge >= 0.3 is 0 Å². The van der Waals surface area contributed by atoms with Crippen LogP contribution in [0.3, 0.4) is 0 Å². The van der Waals surface area contributed by atoms with E-state index in [1.54, 1.807) is 0 Å². The van der Waals surface area contributed by atoms with Gasteiger partial charge in [0.1, 0.15) is 5.82 Å². The number of rotatable bonds is 3. The van der Waals surface area contributed by atoms with Crippen molar-refractivity contribution in [1.82, 2.24) is 9.78 Å². The predicted octanol–water partition coefficient (Wildman–Crippen LogP) is 1.60. The van der Waals surface area contributed by atoms with Crippen molar-refractivity contribution in [3.8, 4) is 0 Å². The molecule has 0 bridgehead atoms. The highest BCUT2D eigenvalue weighted by molar-refractivity contribution is 7.92. The monoisotopic (exact) mass is 304 g/mol. The molecular formula is C10H10ClFN4O2S. The Labute approximate surface area is 114 Å². The molecule has 0 fully saturated rings. The zero-order chi connectivity index (χ0) is 14.2. The molecule has 19 heavy (non-hydrogen) atoms. The van der Waals surface area contributed by atoms with Gasteiger partial charge in [0.25, 0.3) is 10.0 Å². The van der Waals surface area contributed by atoms with Crippen LogP contribution in [0.4, 0.5) is 15.8 Å². The first-order chi connectivity index (χ1) is 8.81. The molecule has 0 spiro atoms. The smallest absolute Gasteiger partial charge is 0.280 e. The maximum absolute atomic E-state index is 13.3. The molecule has 0 radical (unpaired) electrons. The highest BCUT2D eigenvalue weighted by Crippen LogP contribution is 2.24. The van der Waals surface area contributed by atoms with Crippen LogP contribution in [-0.2, 0) is 17.1 Å². The molecule has 1 aromatic carbocycles. The van der Waals surface area contributed by atoms with Gasteiger partial charge in [-0.3, -0.25) is 9.40 Å². The van der Waals surface area contributed by atoms with Crippen LogP contribution in [-0.4, -0.2) is 18.2 Å². The van der Waals surface area contributed by atoms with Gasteiger partial charge in [0.05, 0.1) is 22.6 Å². The predicted molar refractivity (Wildman–Crippen MR) is 69.8 cm³/mol. The molecule has 1 aromatic heterocycles. The van der Waals surface area contributed by atoms with Crippen molar-refractivity contribution in [2.24, 2.45) is 7.05 Å². The number of hydrogen-bond acceptors (Lipinski definition) is 4. The quantitative estimate of drug-likeness (QED) is 0.843. The number of nitrogens with two attached hydrogens (primary N) is 1. The Morgan fingerprint density at radius 1 is 1.47 bits per heavy atom. The second kappa shape index (κ2) is 4.71. The van der Waals surface area contributed by atoms with Crippen LogP contribution in [0, 0.1) is 5.82 Å². The molecule has 1 heterocycles. The third kappa shape index (κ3) is 2.64. The van der Waals surface area contributed by atoms with Crippen LogP contribution < -0.4 is 10.5 Å². The van der Waals surface area contributed by atoms with Crippen molar-refractivity contribution in [3.63, 3.8) is 0 Å². The molecule has 0 aliphatic carbocycles. The van der Waals surface area contributed by atoms with E-state index in [-0.39, 0.29) is 21.4 Å². The zero-order valence-electron chi connectivity index (χ0n) is 9.76. The Hall–Kier alpha value is -1.80. The second-order valence-corrected chi connectivity index (χ2v) is 5.77. The number of hydrogen-bond donors (Lipinski definition) is 2. The number of nitrogens with one attached hydrogen (secondary N) is 1. The first kappa shape index (κ1) is 13.6. The normalized spacial score (nSPS) is 11.5. The largest absolute Gasteiger partial charge is 0.396 e. The lowest BCUT2D eigenvalue weighted by Gasteiger charge is -2.09. The molecule has 2 rings (SSSR count). The van der Waals surface area contributed by atoms with Gasteiger partial charge in [-0.1, -0.05) is 11.6 Å². The summed E-state index contributed by atoms with van der Waals surface area (Å²) in [6, 6.07) is 3.59. The minimum atomic E-state index is -3.95. The molecule has 0 unspecified atom stereocenters. The summed E-state index contributed by atoms with van der Waals surface area (Å²) in [5.74, 6) is -0.712. The Morgan fingerprint density at radius 2 is 2.16 bits per heavy atom. The fraction of sp³-hybridized carbons (Fsp3) is 0.100. The first-order valence-electron chi connectivity index (χ1n) is 5.06. The molecule has 102 valence electrons. The Balaban J connectivity index is 2.39. The average molecular weight is 305 g/mol. The number of nitrogens with zero attached hydrogens (tertiary/aromatic N) is 2. The molecule has 0 aliphatic heterocycles. The Morgan fingerprint density at radius 3 is 2.68 bits per heavy atom. The van der Waals surface area contributed by atoms with E-state index in [1.807, 2.05) is 0 Å². The first-order valence-corrected chi connectivity index (χ1v) is 6.93. The van der Waals surface area contributed by atoms with Gasteiger partial charge in [-0.05, 0) is 12.1 Å². The van der Waals surface area contributed by atoms with E-state index >= 15 is 0 Å². The summed E-state index contributed by atoms with van der Waals surface area (Å²) >= 11 is 5.76. The van der Waals surface area contributed by atoms with Crippen molar-refractivity contribution in [1.29, 1.82) is 0 Å². The maximum Gasteiger partial charge on any atom is 0.280 e. The second-order valence-electron chi connectivity index (χ2n) is 3.76. The van der Waals surface area contributed by atoms with Gasteiger partial charge in [0, 0.05) is 13.1 Å². The summed E-state index contributed by atoms with van der Waals surface area (Å²) in [6.07, 6.45) is 1.21. The van der Waals surface area contributed by atoms with Crippen molar-refractivity contribution >= 4 is 33.0 Å². The number of anilines is 2. The fourth-order valence-electron chi connectivity index (χ4n) is 1.50. The number of benzene rings is 1. The molecule has 0 aliphatic rings. The lowest BCUT2D eigenvalue weighted by Crippen LogP contribution is -2.17. The third-order valence-corrected chi connectivity index (χ3v) is 4.24. The van der Waals surface area contributed by atoms with Crippen LogP contribution in [0.25, 0.3) is 0 Å². The Kier molecular flexibility index (Phi) is 3.38. The van der Waals surface area contributed by atoms with Gasteiger partial charge in [0.15, 0.2) is 5.03 Å². The van der Waals surface area contributed by atoms with E-state index in [1.165, 1.54) is 25.4 Å². The van der Waals surface area contributed by atoms with Gasteiger partial charge in [-0.2, -0.15) is 13.5 Å². The molecule has 2 aromatic rings. The van der Waals surface area contributed by atoms with Gasteiger partial charge in [-0.25, -0.2) is 4.39 Å². The van der Waals surface area contributed by atoms with Crippen LogP contribution in [0.1, 0.15) is 0 Å². The molecule has 3 N–H and O–H groups in total. The van der Waals surface area contributed by atoms with E-state index in [4.69, 9.17) is 17.3 Å². The van der Waals surface area contributed by atoms with E-state index in [0.717, 1.165) is 10.7 Å². The fourth-order valence-corrected chi connectivity index (χ4v) is 3.20. The Bertz CT molecular complexity index is 710. The van der Waals surface area contributed by atoms with Crippen molar-refractivity contribution < 1.29 is 12.8 Å². The maximum atomic E-state index is 13.3. The molecule has 0 atom stereocenters. The van der Waals surface area contributed by atoms with Crippen molar-refractivity contribution in [2.75, 3.05) is 10.5 Å². The van der Waals surface area contributed by atoms with E-state index in [9.17, 15) is 12.8 Å². The lowest BCUT2D eigenvalue weighted by molar-refractivity contribution is 0.582. The van der Waals surface area contributed by atoms with Gasteiger partial charge in [-0.15, -0.1) is 0 Å². The average Bonchev–Trinajstić information content (AvgIpc) is 2.64. The van der Waals surface area contributed by atoms with Crippen LogP contribution >= 0.6 is 11.6 Å². The molecule has 9 heteroatoms. The summed E-state index contributed by atoms with van der Waals surface area (Å²) in [6.45, 7) is 0. The number of aryl methyl sites for hydroxylation is 1. The standard InChI is InChI=1S/C10H10ClFN4O2S/c1-16-10(7(11)5-14-16)19(17,18)15-6-2-3-9(13)8(12)4-6/h2-5,15H,13H2,1H3. The van der Waals surface area contributed by atoms with Crippen molar-refractivity contribution in [2.45, 2.75) is 5.03 Å². The summed E-state index contributed by atoms with van der Waals surface area (Å²) in [7, 11) is -2.52. The highest BCUT2D eigenvalue weighted by atomic mass is 35.5. The number of sulfonamides is 1. The van der Waals surface area contributed by atoms with Crippen molar-refractivity contribution in [3.05, 3.63) is 35.2 Å². The molecular weight excluding hydrogens is 295 g/mol. The summed E-state index contributed by atoms with van der Waals surface area (Å²) in [5.41, 5.74) is 5.29. The van der Waals surface area contributed by atoms with Gasteiger partial charge in [0.2, 0.25) is 0 Å². The number of aromatic nitrogens is 2. The molecule has 0 saturated heterocycles. The van der Waals surface area contributed by atoms with Crippen LogP contribution in [0.15, 0.2) is 29.4 Å². The molecule has 0 saturated carbocycles. The minimum Gasteiger partial charge on any atom is -0.396 e. The van der Waals surface area contributed by atoms with E-state index in [2.05, 4.69) is 9.82 Å². The third-order valence-electron chi connectivity index (χ3n) is 2.35. The zero-order valence-corrected chi connectivity index (χ0v) is 11.3. The van der Waals surface area contributed by atoms with Crippen LogP contribution in [0.5, 0.6) is 0 Å². The SMILES string of the molecule is Cn1ncc(Cl)c1S(=O)(=O)Nc1ccc(N)c(F)c1. The summed E-state index contributed by atoms with van der Waals surface area (Å²) in [5, 5.41) is 3.50. The summed E-state index contributed by atoms with van der Waals surface area (Å²) < 4.78 is 40.7. The highest BCUT2D eigenvalue weighted by Gasteiger charge is 2.23. The number of nitrogen functional groups attached to an aromatic ring is 1. The van der Waals surface area contributed by atoms with E-state index in [0.29, 0.717) is 0 Å². The van der Waals surface area contributed by atoms with Crippen LogP contribution in [0.2, 0.25) is 5.02 Å².